The molecule has 98 valence electrons. The van der Waals surface area contributed by atoms with Gasteiger partial charge in [0.1, 0.15) is 5.82 Å². The van der Waals surface area contributed by atoms with Crippen LogP contribution in [0.2, 0.25) is 0 Å². The standard InChI is InChI=1S/C14H18FNO2/c1-10-6-12(14(17)18)9-16(7-10)8-11-2-4-13(15)5-3-11/h2-5,10,12H,6-9H2,1H3,(H,17,18). The van der Waals surface area contributed by atoms with Gasteiger partial charge in [0.25, 0.3) is 0 Å². The average Bonchev–Trinajstić information content (AvgIpc) is 2.31. The van der Waals surface area contributed by atoms with Crippen LogP contribution >= 0.6 is 0 Å². The number of carbonyl (C=O) groups is 1. The Bertz CT molecular complexity index is 418. The van der Waals surface area contributed by atoms with E-state index < -0.39 is 5.97 Å². The van der Waals surface area contributed by atoms with E-state index in [4.69, 9.17) is 5.11 Å². The van der Waals surface area contributed by atoms with Crippen LogP contribution in [-0.4, -0.2) is 29.1 Å². The Balaban J connectivity index is 2.00. The zero-order valence-corrected chi connectivity index (χ0v) is 10.5. The molecule has 2 atom stereocenters. The number of hydrogen-bond donors (Lipinski definition) is 1. The number of aliphatic carboxylic acids is 1. The fraction of sp³-hybridized carbons (Fsp3) is 0.500. The van der Waals surface area contributed by atoms with E-state index in [1.807, 2.05) is 0 Å². The van der Waals surface area contributed by atoms with Gasteiger partial charge in [-0.3, -0.25) is 9.69 Å². The number of nitrogens with zero attached hydrogens (tertiary/aromatic N) is 1. The summed E-state index contributed by atoms with van der Waals surface area (Å²) in [6.07, 6.45) is 0.745. The van der Waals surface area contributed by atoms with E-state index in [-0.39, 0.29) is 11.7 Å². The maximum Gasteiger partial charge on any atom is 0.307 e. The molecule has 1 aromatic carbocycles. The number of carboxylic acids is 1. The molecule has 1 N–H and O–H groups in total. The normalized spacial score (nSPS) is 25.0. The zero-order chi connectivity index (χ0) is 13.1. The van der Waals surface area contributed by atoms with Gasteiger partial charge in [-0.1, -0.05) is 19.1 Å². The first-order valence-electron chi connectivity index (χ1n) is 6.24. The highest BCUT2D eigenvalue weighted by atomic mass is 19.1. The Morgan fingerprint density at radius 1 is 1.39 bits per heavy atom. The SMILES string of the molecule is CC1CC(C(=O)O)CN(Cc2ccc(F)cc2)C1. The molecular weight excluding hydrogens is 233 g/mol. The molecule has 18 heavy (non-hydrogen) atoms. The fourth-order valence-corrected chi connectivity index (χ4v) is 2.62. The largest absolute Gasteiger partial charge is 0.481 e. The average molecular weight is 251 g/mol. The zero-order valence-electron chi connectivity index (χ0n) is 10.5. The Hall–Kier alpha value is -1.42. The number of rotatable bonds is 3. The molecular formula is C14H18FNO2. The van der Waals surface area contributed by atoms with Crippen molar-refractivity contribution < 1.29 is 14.3 Å². The molecule has 2 rings (SSSR count). The van der Waals surface area contributed by atoms with Crippen LogP contribution in [0, 0.1) is 17.7 Å². The molecule has 0 saturated carbocycles. The summed E-state index contributed by atoms with van der Waals surface area (Å²) in [5.74, 6) is -0.852. The molecule has 1 saturated heterocycles. The predicted octanol–water partition coefficient (Wildman–Crippen LogP) is 2.37. The predicted molar refractivity (Wildman–Crippen MR) is 66.6 cm³/mol. The van der Waals surface area contributed by atoms with Gasteiger partial charge >= 0.3 is 5.97 Å². The van der Waals surface area contributed by atoms with Gasteiger partial charge in [0, 0.05) is 19.6 Å². The molecule has 1 aliphatic rings. The van der Waals surface area contributed by atoms with Crippen LogP contribution in [0.3, 0.4) is 0 Å². The van der Waals surface area contributed by atoms with E-state index in [1.54, 1.807) is 12.1 Å². The van der Waals surface area contributed by atoms with Gasteiger partial charge in [-0.25, -0.2) is 4.39 Å². The molecule has 1 aromatic rings. The third-order valence-electron chi connectivity index (χ3n) is 3.40. The molecule has 1 aliphatic heterocycles. The van der Waals surface area contributed by atoms with Crippen molar-refractivity contribution in [3.8, 4) is 0 Å². The van der Waals surface area contributed by atoms with Crippen LogP contribution < -0.4 is 0 Å². The third-order valence-corrected chi connectivity index (χ3v) is 3.40. The monoisotopic (exact) mass is 251 g/mol. The highest BCUT2D eigenvalue weighted by Crippen LogP contribution is 2.23. The number of hydrogen-bond acceptors (Lipinski definition) is 2. The highest BCUT2D eigenvalue weighted by Gasteiger charge is 2.29. The summed E-state index contributed by atoms with van der Waals surface area (Å²) >= 11 is 0. The summed E-state index contributed by atoms with van der Waals surface area (Å²) < 4.78 is 12.8. The minimum Gasteiger partial charge on any atom is -0.481 e. The summed E-state index contributed by atoms with van der Waals surface area (Å²) in [6, 6.07) is 6.39. The summed E-state index contributed by atoms with van der Waals surface area (Å²) in [7, 11) is 0. The Kier molecular flexibility index (Phi) is 3.97. The first-order chi connectivity index (χ1) is 8.54. The molecule has 0 amide bonds. The van der Waals surface area contributed by atoms with Gasteiger partial charge in [-0.2, -0.15) is 0 Å². The van der Waals surface area contributed by atoms with Crippen molar-refractivity contribution >= 4 is 5.97 Å². The van der Waals surface area contributed by atoms with Crippen LogP contribution in [0.1, 0.15) is 18.9 Å². The molecule has 4 heteroatoms. The Morgan fingerprint density at radius 3 is 2.67 bits per heavy atom. The number of halogens is 1. The van der Waals surface area contributed by atoms with Crippen molar-refractivity contribution in [3.63, 3.8) is 0 Å². The first-order valence-corrected chi connectivity index (χ1v) is 6.24. The maximum absolute atomic E-state index is 12.8. The summed E-state index contributed by atoms with van der Waals surface area (Å²) in [6.45, 7) is 4.25. The van der Waals surface area contributed by atoms with E-state index in [0.29, 0.717) is 19.0 Å². The summed E-state index contributed by atoms with van der Waals surface area (Å²) in [5.41, 5.74) is 1.02. The second kappa shape index (κ2) is 5.48. The highest BCUT2D eigenvalue weighted by molar-refractivity contribution is 5.70. The molecule has 1 fully saturated rings. The van der Waals surface area contributed by atoms with Crippen molar-refractivity contribution in [2.75, 3.05) is 13.1 Å². The lowest BCUT2D eigenvalue weighted by molar-refractivity contribution is -0.144. The summed E-state index contributed by atoms with van der Waals surface area (Å²) in [5, 5.41) is 9.10. The van der Waals surface area contributed by atoms with E-state index in [2.05, 4.69) is 11.8 Å². The number of benzene rings is 1. The molecule has 0 spiro atoms. The minimum atomic E-state index is -0.717. The van der Waals surface area contributed by atoms with Crippen LogP contribution in [0.15, 0.2) is 24.3 Å². The van der Waals surface area contributed by atoms with Crippen LogP contribution in [0.25, 0.3) is 0 Å². The number of carboxylic acid groups (broad SMARTS) is 1. The summed E-state index contributed by atoms with van der Waals surface area (Å²) in [4.78, 5) is 13.2. The topological polar surface area (TPSA) is 40.5 Å². The third kappa shape index (κ3) is 3.29. The van der Waals surface area contributed by atoms with E-state index >= 15 is 0 Å². The van der Waals surface area contributed by atoms with Gasteiger partial charge in [0.05, 0.1) is 5.92 Å². The van der Waals surface area contributed by atoms with Crippen LogP contribution in [0.5, 0.6) is 0 Å². The van der Waals surface area contributed by atoms with Crippen molar-refractivity contribution in [2.24, 2.45) is 11.8 Å². The molecule has 0 radical (unpaired) electrons. The molecule has 0 aliphatic carbocycles. The Labute approximate surface area is 106 Å². The van der Waals surface area contributed by atoms with Crippen molar-refractivity contribution in [1.82, 2.24) is 4.90 Å². The lowest BCUT2D eigenvalue weighted by Gasteiger charge is -2.34. The number of likely N-dealkylation sites (tertiary alicyclic amines) is 1. The fourth-order valence-electron chi connectivity index (χ4n) is 2.62. The van der Waals surface area contributed by atoms with Gasteiger partial charge in [0.2, 0.25) is 0 Å². The van der Waals surface area contributed by atoms with Crippen molar-refractivity contribution in [1.29, 1.82) is 0 Å². The van der Waals surface area contributed by atoms with Crippen LogP contribution in [0.4, 0.5) is 4.39 Å². The number of piperidine rings is 1. The lowest BCUT2D eigenvalue weighted by Crippen LogP contribution is -2.41. The molecule has 3 nitrogen and oxygen atoms in total. The lowest BCUT2D eigenvalue weighted by atomic mass is 9.90. The molecule has 2 unspecified atom stereocenters. The molecule has 0 bridgehead atoms. The van der Waals surface area contributed by atoms with Gasteiger partial charge in [-0.05, 0) is 30.0 Å². The van der Waals surface area contributed by atoms with Crippen molar-refractivity contribution in [3.05, 3.63) is 35.6 Å². The quantitative estimate of drug-likeness (QED) is 0.896. The van der Waals surface area contributed by atoms with Gasteiger partial charge < -0.3 is 5.11 Å². The second-order valence-corrected chi connectivity index (χ2v) is 5.20. The second-order valence-electron chi connectivity index (χ2n) is 5.20. The Morgan fingerprint density at radius 2 is 2.06 bits per heavy atom. The maximum atomic E-state index is 12.8. The smallest absolute Gasteiger partial charge is 0.307 e. The molecule has 0 aromatic heterocycles. The first kappa shape index (κ1) is 13.0. The van der Waals surface area contributed by atoms with Gasteiger partial charge in [0.15, 0.2) is 0 Å². The van der Waals surface area contributed by atoms with Crippen molar-refractivity contribution in [2.45, 2.75) is 19.9 Å². The van der Waals surface area contributed by atoms with E-state index in [0.717, 1.165) is 18.5 Å². The molecule has 1 heterocycles. The van der Waals surface area contributed by atoms with E-state index in [1.165, 1.54) is 12.1 Å². The van der Waals surface area contributed by atoms with Gasteiger partial charge in [-0.15, -0.1) is 0 Å². The van der Waals surface area contributed by atoms with Crippen LogP contribution in [-0.2, 0) is 11.3 Å². The minimum absolute atomic E-state index is 0.242. The van der Waals surface area contributed by atoms with E-state index in [9.17, 15) is 9.18 Å².